The van der Waals surface area contributed by atoms with E-state index in [1.54, 1.807) is 6.92 Å². The van der Waals surface area contributed by atoms with Crippen LogP contribution in [0.5, 0.6) is 0 Å². The van der Waals surface area contributed by atoms with Crippen molar-refractivity contribution in [3.05, 3.63) is 66.5 Å². The molecular formula is C16H13NO. The molecular weight excluding hydrogens is 222 g/mol. The van der Waals surface area contributed by atoms with Crippen molar-refractivity contribution >= 4 is 11.3 Å². The van der Waals surface area contributed by atoms with Crippen molar-refractivity contribution in [2.24, 2.45) is 0 Å². The lowest BCUT2D eigenvalue weighted by atomic mass is 10.0. The number of nitrogens with zero attached hydrogens (tertiary/aromatic N) is 1. The number of aromatic nitrogens is 1. The van der Waals surface area contributed by atoms with Gasteiger partial charge in [-0.2, -0.15) is 0 Å². The van der Waals surface area contributed by atoms with E-state index in [0.717, 1.165) is 22.2 Å². The summed E-state index contributed by atoms with van der Waals surface area (Å²) in [7, 11) is 0. The minimum absolute atomic E-state index is 0.0950. The molecule has 0 amide bonds. The highest BCUT2D eigenvalue weighted by molar-refractivity contribution is 6.05. The third-order valence-corrected chi connectivity index (χ3v) is 3.13. The molecule has 0 saturated carbocycles. The lowest BCUT2D eigenvalue weighted by Crippen LogP contribution is -1.91. The summed E-state index contributed by atoms with van der Waals surface area (Å²) >= 11 is 0. The number of ketones is 1. The molecule has 2 aromatic heterocycles. The Labute approximate surface area is 105 Å². The first-order valence-corrected chi connectivity index (χ1v) is 5.93. The van der Waals surface area contributed by atoms with Gasteiger partial charge in [0.2, 0.25) is 0 Å². The fourth-order valence-corrected chi connectivity index (χ4v) is 2.30. The lowest BCUT2D eigenvalue weighted by molar-refractivity contribution is 0.101. The minimum atomic E-state index is 0.0950. The fourth-order valence-electron chi connectivity index (χ4n) is 2.30. The standard InChI is InChI=1S/C16H13NO/c1-12(18)14-11-17-10-6-5-9-15(17)16(14)13-7-3-2-4-8-13/h2-11H,1H3. The van der Waals surface area contributed by atoms with E-state index in [0.29, 0.717) is 0 Å². The molecule has 0 saturated heterocycles. The average Bonchev–Trinajstić information content (AvgIpc) is 2.79. The quantitative estimate of drug-likeness (QED) is 0.619. The molecule has 88 valence electrons. The van der Waals surface area contributed by atoms with Crippen molar-refractivity contribution in [2.45, 2.75) is 6.92 Å². The molecule has 0 unspecified atom stereocenters. The highest BCUT2D eigenvalue weighted by Gasteiger charge is 2.14. The van der Waals surface area contributed by atoms with Crippen molar-refractivity contribution in [2.75, 3.05) is 0 Å². The molecule has 0 bridgehead atoms. The Morgan fingerprint density at radius 2 is 1.72 bits per heavy atom. The van der Waals surface area contributed by atoms with E-state index in [1.165, 1.54) is 0 Å². The van der Waals surface area contributed by atoms with E-state index < -0.39 is 0 Å². The maximum absolute atomic E-state index is 11.8. The van der Waals surface area contributed by atoms with Crippen molar-refractivity contribution in [1.29, 1.82) is 0 Å². The van der Waals surface area contributed by atoms with E-state index in [1.807, 2.05) is 65.3 Å². The number of hydrogen-bond donors (Lipinski definition) is 0. The van der Waals surface area contributed by atoms with Crippen LogP contribution in [0.3, 0.4) is 0 Å². The zero-order valence-corrected chi connectivity index (χ0v) is 10.1. The minimum Gasteiger partial charge on any atom is -0.322 e. The summed E-state index contributed by atoms with van der Waals surface area (Å²) in [6.07, 6.45) is 3.87. The SMILES string of the molecule is CC(=O)c1cn2ccccc2c1-c1ccccc1. The lowest BCUT2D eigenvalue weighted by Gasteiger charge is -2.02. The van der Waals surface area contributed by atoms with Gasteiger partial charge in [-0.3, -0.25) is 4.79 Å². The number of carbonyl (C=O) groups is 1. The van der Waals surface area contributed by atoms with Gasteiger partial charge in [-0.1, -0.05) is 36.4 Å². The van der Waals surface area contributed by atoms with E-state index >= 15 is 0 Å². The van der Waals surface area contributed by atoms with Gasteiger partial charge in [0.15, 0.2) is 5.78 Å². The van der Waals surface area contributed by atoms with Crippen LogP contribution in [0.4, 0.5) is 0 Å². The van der Waals surface area contributed by atoms with Crippen LogP contribution in [-0.2, 0) is 0 Å². The molecule has 2 heterocycles. The second-order valence-electron chi connectivity index (χ2n) is 4.33. The summed E-state index contributed by atoms with van der Waals surface area (Å²) in [6.45, 7) is 1.61. The Morgan fingerprint density at radius 1 is 1.00 bits per heavy atom. The largest absolute Gasteiger partial charge is 0.322 e. The van der Waals surface area contributed by atoms with Crippen molar-refractivity contribution in [3.63, 3.8) is 0 Å². The smallest absolute Gasteiger partial charge is 0.161 e. The number of rotatable bonds is 2. The number of carbonyl (C=O) groups excluding carboxylic acids is 1. The van der Waals surface area contributed by atoms with Crippen LogP contribution >= 0.6 is 0 Å². The van der Waals surface area contributed by atoms with Crippen LogP contribution in [-0.4, -0.2) is 10.2 Å². The van der Waals surface area contributed by atoms with Crippen molar-refractivity contribution < 1.29 is 4.79 Å². The van der Waals surface area contributed by atoms with Crippen LogP contribution in [0.15, 0.2) is 60.9 Å². The van der Waals surface area contributed by atoms with E-state index in [-0.39, 0.29) is 5.78 Å². The summed E-state index contributed by atoms with van der Waals surface area (Å²) in [6, 6.07) is 16.0. The van der Waals surface area contributed by atoms with Gasteiger partial charge in [-0.15, -0.1) is 0 Å². The molecule has 0 aliphatic heterocycles. The van der Waals surface area contributed by atoms with Crippen molar-refractivity contribution in [3.8, 4) is 11.1 Å². The molecule has 18 heavy (non-hydrogen) atoms. The summed E-state index contributed by atoms with van der Waals surface area (Å²) in [5, 5.41) is 0. The third kappa shape index (κ3) is 1.63. The molecule has 0 N–H and O–H groups in total. The summed E-state index contributed by atoms with van der Waals surface area (Å²) in [4.78, 5) is 11.8. The van der Waals surface area contributed by atoms with Gasteiger partial charge in [0, 0.05) is 23.5 Å². The van der Waals surface area contributed by atoms with Gasteiger partial charge >= 0.3 is 0 Å². The molecule has 0 radical (unpaired) electrons. The van der Waals surface area contributed by atoms with E-state index in [2.05, 4.69) is 0 Å². The summed E-state index contributed by atoms with van der Waals surface area (Å²) in [5.41, 5.74) is 3.93. The molecule has 2 nitrogen and oxygen atoms in total. The monoisotopic (exact) mass is 235 g/mol. The zero-order chi connectivity index (χ0) is 12.5. The fraction of sp³-hybridized carbons (Fsp3) is 0.0625. The Morgan fingerprint density at radius 3 is 2.44 bits per heavy atom. The van der Waals surface area contributed by atoms with Crippen LogP contribution in [0.25, 0.3) is 16.6 Å². The first-order valence-electron chi connectivity index (χ1n) is 5.93. The number of Topliss-reactive ketones (excluding diaryl/α,β-unsaturated/α-hetero) is 1. The van der Waals surface area contributed by atoms with Crippen LogP contribution in [0.1, 0.15) is 17.3 Å². The van der Waals surface area contributed by atoms with Crippen LogP contribution in [0.2, 0.25) is 0 Å². The second-order valence-corrected chi connectivity index (χ2v) is 4.33. The van der Waals surface area contributed by atoms with Gasteiger partial charge < -0.3 is 4.40 Å². The molecule has 3 aromatic rings. The maximum atomic E-state index is 11.8. The highest BCUT2D eigenvalue weighted by Crippen LogP contribution is 2.30. The van der Waals surface area contributed by atoms with Gasteiger partial charge in [-0.05, 0) is 24.6 Å². The van der Waals surface area contributed by atoms with Crippen molar-refractivity contribution in [1.82, 2.24) is 4.40 Å². The number of hydrogen-bond acceptors (Lipinski definition) is 1. The third-order valence-electron chi connectivity index (χ3n) is 3.13. The van der Waals surface area contributed by atoms with Gasteiger partial charge in [0.1, 0.15) is 0 Å². The molecule has 1 aromatic carbocycles. The molecule has 3 rings (SSSR count). The first-order chi connectivity index (χ1) is 8.77. The van der Waals surface area contributed by atoms with Gasteiger partial charge in [0.25, 0.3) is 0 Å². The Balaban J connectivity index is 2.38. The van der Waals surface area contributed by atoms with E-state index in [4.69, 9.17) is 0 Å². The normalized spacial score (nSPS) is 10.7. The van der Waals surface area contributed by atoms with Crippen LogP contribution in [0, 0.1) is 0 Å². The number of pyridine rings is 1. The summed E-state index contributed by atoms with van der Waals surface area (Å²) in [5.74, 6) is 0.0950. The number of fused-ring (bicyclic) bond motifs is 1. The molecule has 0 aliphatic carbocycles. The molecule has 2 heteroatoms. The number of benzene rings is 1. The topological polar surface area (TPSA) is 21.5 Å². The maximum Gasteiger partial charge on any atom is 0.161 e. The van der Waals surface area contributed by atoms with Gasteiger partial charge in [0.05, 0.1) is 5.52 Å². The molecule has 0 spiro atoms. The summed E-state index contributed by atoms with van der Waals surface area (Å²) < 4.78 is 2.00. The van der Waals surface area contributed by atoms with Crippen LogP contribution < -0.4 is 0 Å². The Kier molecular flexibility index (Phi) is 2.49. The second kappa shape index (κ2) is 4.15. The zero-order valence-electron chi connectivity index (χ0n) is 10.1. The Bertz CT molecular complexity index is 710. The van der Waals surface area contributed by atoms with E-state index in [9.17, 15) is 4.79 Å². The Hall–Kier alpha value is -2.35. The highest BCUT2D eigenvalue weighted by atomic mass is 16.1. The molecule has 0 atom stereocenters. The predicted octanol–water partition coefficient (Wildman–Crippen LogP) is 3.81. The molecule has 0 aliphatic rings. The van der Waals surface area contributed by atoms with Gasteiger partial charge in [-0.25, -0.2) is 0 Å². The average molecular weight is 235 g/mol. The first kappa shape index (κ1) is 10.8. The molecule has 0 fully saturated rings. The predicted molar refractivity (Wildman–Crippen MR) is 72.8 cm³/mol.